The van der Waals surface area contributed by atoms with E-state index in [1.54, 1.807) is 6.20 Å². The predicted octanol–water partition coefficient (Wildman–Crippen LogP) is 3.07. The van der Waals surface area contributed by atoms with Crippen LogP contribution in [0, 0.1) is 17.6 Å². The highest BCUT2D eigenvalue weighted by atomic mass is 19.1. The summed E-state index contributed by atoms with van der Waals surface area (Å²) in [6.07, 6.45) is 3.39. The number of anilines is 3. The van der Waals surface area contributed by atoms with Gasteiger partial charge in [-0.05, 0) is 42.5 Å². The summed E-state index contributed by atoms with van der Waals surface area (Å²) >= 11 is 0. The van der Waals surface area contributed by atoms with Gasteiger partial charge in [0, 0.05) is 44.1 Å². The highest BCUT2D eigenvalue weighted by Gasteiger charge is 2.35. The summed E-state index contributed by atoms with van der Waals surface area (Å²) in [4.78, 5) is 17.2. The Bertz CT molecular complexity index is 1230. The SMILES string of the molecule is CC(C)c1noc(N2CCC(COc3cnc(N4C[C@H](c5cc(F)ccc5F)[C@@H](N)C4)nc3N)CC2)n1. The molecular formula is C25H32F2N8O2. The van der Waals surface area contributed by atoms with Crippen molar-refractivity contribution in [3.05, 3.63) is 47.4 Å². The fourth-order valence-electron chi connectivity index (χ4n) is 4.85. The van der Waals surface area contributed by atoms with Crippen molar-refractivity contribution in [3.8, 4) is 5.75 Å². The molecule has 0 radical (unpaired) electrons. The van der Waals surface area contributed by atoms with Crippen LogP contribution in [-0.4, -0.2) is 58.9 Å². The molecule has 1 aromatic carbocycles. The van der Waals surface area contributed by atoms with E-state index >= 15 is 0 Å². The van der Waals surface area contributed by atoms with Gasteiger partial charge in [0.1, 0.15) is 11.6 Å². The summed E-state index contributed by atoms with van der Waals surface area (Å²) in [6.45, 7) is 6.94. The number of rotatable bonds is 7. The van der Waals surface area contributed by atoms with Crippen LogP contribution < -0.4 is 26.0 Å². The normalized spacial score (nSPS) is 20.7. The van der Waals surface area contributed by atoms with Crippen LogP contribution in [0.5, 0.6) is 5.75 Å². The molecule has 10 nitrogen and oxygen atoms in total. The lowest BCUT2D eigenvalue weighted by molar-refractivity contribution is 0.220. The lowest BCUT2D eigenvalue weighted by Crippen LogP contribution is -2.35. The molecule has 37 heavy (non-hydrogen) atoms. The zero-order chi connectivity index (χ0) is 26.1. The van der Waals surface area contributed by atoms with Crippen LogP contribution in [0.4, 0.5) is 26.6 Å². The molecule has 198 valence electrons. The van der Waals surface area contributed by atoms with Crippen LogP contribution in [0.15, 0.2) is 28.9 Å². The molecule has 2 fully saturated rings. The topological polar surface area (TPSA) is 132 Å². The number of nitrogen functional groups attached to an aromatic ring is 1. The molecule has 0 unspecified atom stereocenters. The molecule has 4 heterocycles. The van der Waals surface area contributed by atoms with Crippen molar-refractivity contribution in [2.24, 2.45) is 11.7 Å². The Labute approximate surface area is 214 Å². The maximum absolute atomic E-state index is 14.3. The highest BCUT2D eigenvalue weighted by Crippen LogP contribution is 2.32. The van der Waals surface area contributed by atoms with Crippen LogP contribution in [0.1, 0.15) is 49.9 Å². The number of nitrogens with two attached hydrogens (primary N) is 2. The fourth-order valence-corrected chi connectivity index (χ4v) is 4.85. The van der Waals surface area contributed by atoms with E-state index in [0.717, 1.165) is 38.1 Å². The first-order valence-electron chi connectivity index (χ1n) is 12.6. The van der Waals surface area contributed by atoms with E-state index in [4.69, 9.17) is 20.7 Å². The average molecular weight is 515 g/mol. The summed E-state index contributed by atoms with van der Waals surface area (Å²) < 4.78 is 39.3. The average Bonchev–Trinajstić information content (AvgIpc) is 3.53. The largest absolute Gasteiger partial charge is 0.488 e. The van der Waals surface area contributed by atoms with Gasteiger partial charge in [0.2, 0.25) is 5.95 Å². The van der Waals surface area contributed by atoms with Gasteiger partial charge in [-0.25, -0.2) is 13.8 Å². The first-order chi connectivity index (χ1) is 17.8. The molecule has 2 aliphatic heterocycles. The molecule has 0 saturated carbocycles. The van der Waals surface area contributed by atoms with E-state index < -0.39 is 17.7 Å². The number of aromatic nitrogens is 4. The number of ether oxygens (including phenoxy) is 1. The van der Waals surface area contributed by atoms with Gasteiger partial charge in [-0.2, -0.15) is 9.97 Å². The van der Waals surface area contributed by atoms with Crippen molar-refractivity contribution >= 4 is 17.8 Å². The maximum Gasteiger partial charge on any atom is 0.324 e. The Kier molecular flexibility index (Phi) is 7.09. The summed E-state index contributed by atoms with van der Waals surface area (Å²) in [5.41, 5.74) is 12.7. The number of nitrogens with zero attached hydrogens (tertiary/aromatic N) is 6. The number of hydrogen-bond acceptors (Lipinski definition) is 10. The second-order valence-corrected chi connectivity index (χ2v) is 10.1. The number of piperidine rings is 1. The monoisotopic (exact) mass is 514 g/mol. The molecule has 0 aliphatic carbocycles. The lowest BCUT2D eigenvalue weighted by atomic mass is 9.94. The van der Waals surface area contributed by atoms with Crippen LogP contribution >= 0.6 is 0 Å². The molecule has 0 bridgehead atoms. The van der Waals surface area contributed by atoms with E-state index in [1.165, 1.54) is 6.07 Å². The zero-order valence-corrected chi connectivity index (χ0v) is 21.0. The lowest BCUT2D eigenvalue weighted by Gasteiger charge is -2.30. The smallest absolute Gasteiger partial charge is 0.324 e. The van der Waals surface area contributed by atoms with Crippen molar-refractivity contribution in [3.63, 3.8) is 0 Å². The van der Waals surface area contributed by atoms with Crippen molar-refractivity contribution in [1.82, 2.24) is 20.1 Å². The zero-order valence-electron chi connectivity index (χ0n) is 21.0. The van der Waals surface area contributed by atoms with Crippen molar-refractivity contribution < 1.29 is 18.0 Å². The minimum atomic E-state index is -0.496. The van der Waals surface area contributed by atoms with Gasteiger partial charge in [0.05, 0.1) is 12.8 Å². The van der Waals surface area contributed by atoms with Crippen molar-refractivity contribution in [1.29, 1.82) is 0 Å². The van der Waals surface area contributed by atoms with Gasteiger partial charge in [0.25, 0.3) is 0 Å². The fraction of sp³-hybridized carbons (Fsp3) is 0.520. The van der Waals surface area contributed by atoms with Crippen LogP contribution in [0.25, 0.3) is 0 Å². The van der Waals surface area contributed by atoms with Gasteiger partial charge in [-0.15, -0.1) is 0 Å². The molecule has 0 amide bonds. The van der Waals surface area contributed by atoms with E-state index in [9.17, 15) is 8.78 Å². The summed E-state index contributed by atoms with van der Waals surface area (Å²) in [5.74, 6) is 0.959. The standard InChI is InChI=1S/C25H32F2N8O2/c1-14(2)23-32-25(37-33-23)34-7-5-15(6-8-34)13-36-21-10-30-24(31-22(21)29)35-11-18(20(28)12-35)17-9-16(26)3-4-19(17)27/h3-4,9-10,14-15,18,20H,5-8,11-13,28H2,1-2H3,(H2,29,30,31)/t18-,20+/m1/s1. The Morgan fingerprint density at radius 1 is 1.14 bits per heavy atom. The van der Waals surface area contributed by atoms with E-state index in [0.29, 0.717) is 49.2 Å². The van der Waals surface area contributed by atoms with Crippen LogP contribution in [0.3, 0.4) is 0 Å². The summed E-state index contributed by atoms with van der Waals surface area (Å²) in [7, 11) is 0. The minimum absolute atomic E-state index is 0.225. The first-order valence-corrected chi connectivity index (χ1v) is 12.6. The van der Waals surface area contributed by atoms with Gasteiger partial charge >= 0.3 is 6.01 Å². The Balaban J connectivity index is 1.15. The molecule has 2 atom stereocenters. The first kappa shape index (κ1) is 25.1. The number of benzene rings is 1. The Morgan fingerprint density at radius 3 is 2.62 bits per heavy atom. The quantitative estimate of drug-likeness (QED) is 0.485. The predicted molar refractivity (Wildman–Crippen MR) is 135 cm³/mol. The van der Waals surface area contributed by atoms with Gasteiger partial charge in [-0.1, -0.05) is 19.0 Å². The molecule has 2 aromatic heterocycles. The second-order valence-electron chi connectivity index (χ2n) is 10.1. The van der Waals surface area contributed by atoms with E-state index in [2.05, 4.69) is 25.0 Å². The Morgan fingerprint density at radius 2 is 1.92 bits per heavy atom. The third-order valence-corrected chi connectivity index (χ3v) is 7.08. The van der Waals surface area contributed by atoms with Gasteiger partial charge < -0.3 is 30.5 Å². The van der Waals surface area contributed by atoms with Gasteiger partial charge in [-0.3, -0.25) is 0 Å². The van der Waals surface area contributed by atoms with Gasteiger partial charge in [0.15, 0.2) is 17.4 Å². The molecular weight excluding hydrogens is 482 g/mol. The molecule has 5 rings (SSSR count). The minimum Gasteiger partial charge on any atom is -0.488 e. The molecule has 2 aliphatic rings. The Hall–Kier alpha value is -3.54. The molecule has 4 N–H and O–H groups in total. The van der Waals surface area contributed by atoms with Crippen LogP contribution in [0.2, 0.25) is 0 Å². The van der Waals surface area contributed by atoms with E-state index in [1.807, 2.05) is 18.7 Å². The molecule has 0 spiro atoms. The van der Waals surface area contributed by atoms with Crippen LogP contribution in [-0.2, 0) is 0 Å². The molecule has 12 heteroatoms. The maximum atomic E-state index is 14.3. The number of halogens is 2. The molecule has 2 saturated heterocycles. The molecule has 3 aromatic rings. The second kappa shape index (κ2) is 10.4. The summed E-state index contributed by atoms with van der Waals surface area (Å²) in [6, 6.07) is 3.59. The van der Waals surface area contributed by atoms with Crippen molar-refractivity contribution in [2.75, 3.05) is 48.3 Å². The van der Waals surface area contributed by atoms with E-state index in [-0.39, 0.29) is 23.2 Å². The number of hydrogen-bond donors (Lipinski definition) is 2. The third-order valence-electron chi connectivity index (χ3n) is 7.08. The third kappa shape index (κ3) is 5.43. The summed E-state index contributed by atoms with van der Waals surface area (Å²) in [5, 5.41) is 4.04. The van der Waals surface area contributed by atoms with Crippen molar-refractivity contribution in [2.45, 2.75) is 44.6 Å². The highest BCUT2D eigenvalue weighted by molar-refractivity contribution is 5.50.